The zero-order chi connectivity index (χ0) is 26.7. The summed E-state index contributed by atoms with van der Waals surface area (Å²) in [6.07, 6.45) is 11.7. The molecule has 0 spiro atoms. The Morgan fingerprint density at radius 2 is 1.89 bits per heavy atom. The molecule has 0 atom stereocenters. The van der Waals surface area contributed by atoms with Crippen LogP contribution in [-0.2, 0) is 0 Å². The maximum absolute atomic E-state index is 12.8. The van der Waals surface area contributed by atoms with Crippen LogP contribution >= 0.6 is 11.6 Å². The van der Waals surface area contributed by atoms with Crippen LogP contribution in [0.4, 0.5) is 13.2 Å². The van der Waals surface area contributed by atoms with Crippen LogP contribution in [0.15, 0.2) is 90.6 Å². The summed E-state index contributed by atoms with van der Waals surface area (Å²) >= 11 is 6.66. The van der Waals surface area contributed by atoms with Crippen LogP contribution in [-0.4, -0.2) is 24.6 Å². The van der Waals surface area contributed by atoms with Crippen LogP contribution in [0.2, 0.25) is 0 Å². The van der Waals surface area contributed by atoms with E-state index in [2.05, 4.69) is 42.1 Å². The molecule has 0 saturated carbocycles. The minimum absolute atomic E-state index is 0.108. The van der Waals surface area contributed by atoms with Gasteiger partial charge in [-0.25, -0.2) is 0 Å². The lowest BCUT2D eigenvalue weighted by Crippen LogP contribution is -2.24. The highest BCUT2D eigenvalue weighted by Gasteiger charge is 2.35. The van der Waals surface area contributed by atoms with Crippen LogP contribution < -0.4 is 0 Å². The first-order valence-corrected chi connectivity index (χ1v) is 12.3. The summed E-state index contributed by atoms with van der Waals surface area (Å²) in [6.45, 7) is 8.43. The lowest BCUT2D eigenvalue weighted by atomic mass is 9.94. The fourth-order valence-corrected chi connectivity index (χ4v) is 4.15. The Bertz CT molecular complexity index is 1150. The van der Waals surface area contributed by atoms with Gasteiger partial charge in [0.05, 0.1) is 12.6 Å². The van der Waals surface area contributed by atoms with Crippen LogP contribution in [0.25, 0.3) is 0 Å². The van der Waals surface area contributed by atoms with Crippen molar-refractivity contribution in [2.24, 2.45) is 9.98 Å². The molecular formula is C29H33ClF3N3. The van der Waals surface area contributed by atoms with Gasteiger partial charge in [-0.3, -0.25) is 9.98 Å². The normalized spacial score (nSPS) is 22.8. The standard InChI is InChI=1S/C29H33ClF3N3/c1-5-24-15-27(30)26(14-23-11-12-28(36-17-23)29(31,32)33)19-35-18-25(24)8-6-7-20(2)13-21(3)9-10-22(4)16-34/h5,7-10,17,19H,6,11-15,18H2,1-4H3/b20-7+,21-9+,22-10+,24-5-,25-8-,27-26+,35-19?. The second-order valence-corrected chi connectivity index (χ2v) is 9.55. The first-order valence-electron chi connectivity index (χ1n) is 12.0. The van der Waals surface area contributed by atoms with Gasteiger partial charge in [-0.1, -0.05) is 47.1 Å². The molecule has 0 saturated heterocycles. The molecule has 2 heterocycles. The molecule has 0 bridgehead atoms. The van der Waals surface area contributed by atoms with Gasteiger partial charge in [0.15, 0.2) is 0 Å². The monoisotopic (exact) mass is 515 g/mol. The highest BCUT2D eigenvalue weighted by atomic mass is 35.5. The molecule has 2 aliphatic rings. The number of nitriles is 1. The lowest BCUT2D eigenvalue weighted by Gasteiger charge is -2.18. The van der Waals surface area contributed by atoms with Gasteiger partial charge in [0.25, 0.3) is 0 Å². The first kappa shape index (κ1) is 29.3. The van der Waals surface area contributed by atoms with Crippen LogP contribution in [0.5, 0.6) is 0 Å². The van der Waals surface area contributed by atoms with Gasteiger partial charge in [0.2, 0.25) is 0 Å². The summed E-state index contributed by atoms with van der Waals surface area (Å²) in [6, 6.07) is 2.12. The number of hydrogen-bond donors (Lipinski definition) is 0. The van der Waals surface area contributed by atoms with E-state index in [1.807, 2.05) is 25.2 Å². The molecule has 192 valence electrons. The highest BCUT2D eigenvalue weighted by Crippen LogP contribution is 2.32. The van der Waals surface area contributed by atoms with E-state index in [0.717, 1.165) is 35.1 Å². The van der Waals surface area contributed by atoms with Gasteiger partial charge >= 0.3 is 6.18 Å². The smallest absolute Gasteiger partial charge is 0.288 e. The van der Waals surface area contributed by atoms with Crippen molar-refractivity contribution >= 4 is 23.5 Å². The SMILES string of the molecule is C/C=C1/C/C(Cl)=C(/CC2=CN=C(C(F)(F)F)CC2)C=NC/C1=C/C/C=C(\C)C/C(C)=C/C=C(\C)C#N. The summed E-state index contributed by atoms with van der Waals surface area (Å²) in [5.41, 5.74) is 6.25. The maximum atomic E-state index is 12.8. The molecule has 36 heavy (non-hydrogen) atoms. The number of hydrogen-bond acceptors (Lipinski definition) is 3. The van der Waals surface area contributed by atoms with Crippen molar-refractivity contribution in [1.82, 2.24) is 0 Å². The Hall–Kier alpha value is -2.91. The Labute approximate surface area is 217 Å². The fraction of sp³-hybridized carbons (Fsp3) is 0.414. The molecule has 2 aliphatic heterocycles. The maximum Gasteiger partial charge on any atom is 0.429 e. The molecular weight excluding hydrogens is 483 g/mol. The highest BCUT2D eigenvalue weighted by molar-refractivity contribution is 6.31. The molecule has 0 aromatic rings. The number of halogens is 4. The molecule has 0 aromatic carbocycles. The van der Waals surface area contributed by atoms with Crippen molar-refractivity contribution in [1.29, 1.82) is 5.26 Å². The van der Waals surface area contributed by atoms with E-state index in [1.54, 1.807) is 13.1 Å². The van der Waals surface area contributed by atoms with Crippen LogP contribution in [0.3, 0.4) is 0 Å². The third-order valence-electron chi connectivity index (χ3n) is 5.98. The Kier molecular flexibility index (Phi) is 11.4. The van der Waals surface area contributed by atoms with Crippen LogP contribution in [0.1, 0.15) is 66.2 Å². The molecule has 0 aromatic heterocycles. The number of rotatable bonds is 7. The Morgan fingerprint density at radius 3 is 2.50 bits per heavy atom. The Morgan fingerprint density at radius 1 is 1.14 bits per heavy atom. The van der Waals surface area contributed by atoms with Gasteiger partial charge in [-0.2, -0.15) is 18.4 Å². The van der Waals surface area contributed by atoms with Gasteiger partial charge < -0.3 is 0 Å². The third kappa shape index (κ3) is 9.62. The van der Waals surface area contributed by atoms with Gasteiger partial charge in [0.1, 0.15) is 5.71 Å². The second kappa shape index (κ2) is 14.0. The molecule has 0 unspecified atom stereocenters. The summed E-state index contributed by atoms with van der Waals surface area (Å²) in [7, 11) is 0. The van der Waals surface area contributed by atoms with E-state index in [9.17, 15) is 13.2 Å². The lowest BCUT2D eigenvalue weighted by molar-refractivity contribution is -0.0606. The van der Waals surface area contributed by atoms with E-state index in [0.29, 0.717) is 36.4 Å². The van der Waals surface area contributed by atoms with Crippen molar-refractivity contribution in [2.45, 2.75) is 72.4 Å². The zero-order valence-electron chi connectivity index (χ0n) is 21.3. The quantitative estimate of drug-likeness (QED) is 0.189. The van der Waals surface area contributed by atoms with Crippen molar-refractivity contribution in [3.8, 4) is 6.07 Å². The van der Waals surface area contributed by atoms with Gasteiger partial charge in [-0.15, -0.1) is 0 Å². The summed E-state index contributed by atoms with van der Waals surface area (Å²) in [5.74, 6) is 0. The largest absolute Gasteiger partial charge is 0.429 e. The summed E-state index contributed by atoms with van der Waals surface area (Å²) in [4.78, 5) is 8.19. The summed E-state index contributed by atoms with van der Waals surface area (Å²) < 4.78 is 38.5. The van der Waals surface area contributed by atoms with E-state index in [1.165, 1.54) is 17.3 Å². The number of allylic oxidation sites excluding steroid dienone is 11. The van der Waals surface area contributed by atoms with Crippen molar-refractivity contribution in [3.05, 3.63) is 80.6 Å². The number of alkyl halides is 3. The predicted octanol–water partition coefficient (Wildman–Crippen LogP) is 9.04. The molecule has 0 aliphatic carbocycles. The van der Waals surface area contributed by atoms with Gasteiger partial charge in [-0.05, 0) is 88.2 Å². The van der Waals surface area contributed by atoms with E-state index in [-0.39, 0.29) is 6.42 Å². The summed E-state index contributed by atoms with van der Waals surface area (Å²) in [5, 5.41) is 9.50. The zero-order valence-corrected chi connectivity index (χ0v) is 22.1. The van der Waals surface area contributed by atoms with E-state index in [4.69, 9.17) is 16.9 Å². The molecule has 0 fully saturated rings. The average molecular weight is 516 g/mol. The fourth-order valence-electron chi connectivity index (χ4n) is 3.89. The molecule has 0 radical (unpaired) electrons. The van der Waals surface area contributed by atoms with Crippen LogP contribution in [0, 0.1) is 11.3 Å². The third-order valence-corrected chi connectivity index (χ3v) is 6.35. The number of aliphatic imine (C=N–C) groups is 2. The van der Waals surface area contributed by atoms with E-state index < -0.39 is 11.9 Å². The minimum Gasteiger partial charge on any atom is -0.288 e. The number of nitrogens with zero attached hydrogens (tertiary/aromatic N) is 3. The molecule has 0 N–H and O–H groups in total. The van der Waals surface area contributed by atoms with E-state index >= 15 is 0 Å². The van der Waals surface area contributed by atoms with Crippen molar-refractivity contribution in [3.63, 3.8) is 0 Å². The average Bonchev–Trinajstić information content (AvgIpc) is 2.83. The predicted molar refractivity (Wildman–Crippen MR) is 144 cm³/mol. The Balaban J connectivity index is 2.07. The van der Waals surface area contributed by atoms with Gasteiger partial charge in [0, 0.05) is 29.4 Å². The van der Waals surface area contributed by atoms with Crippen molar-refractivity contribution < 1.29 is 13.2 Å². The minimum atomic E-state index is -4.37. The second-order valence-electron chi connectivity index (χ2n) is 9.10. The van der Waals surface area contributed by atoms with Crippen molar-refractivity contribution in [2.75, 3.05) is 6.54 Å². The molecule has 0 amide bonds. The molecule has 2 rings (SSSR count). The topological polar surface area (TPSA) is 48.5 Å². The molecule has 7 heteroatoms. The molecule has 3 nitrogen and oxygen atoms in total. The first-order chi connectivity index (χ1) is 17.0.